The summed E-state index contributed by atoms with van der Waals surface area (Å²) in [6.07, 6.45) is 4.41. The molecule has 1 saturated heterocycles. The van der Waals surface area contributed by atoms with Crippen LogP contribution in [0.5, 0.6) is 5.75 Å². The molecule has 1 aliphatic rings. The molecule has 0 amide bonds. The highest BCUT2D eigenvalue weighted by Gasteiger charge is 2.18. The van der Waals surface area contributed by atoms with Crippen LogP contribution in [0, 0.1) is 0 Å². The third kappa shape index (κ3) is 4.34. The molecule has 2 aromatic heterocycles. The Morgan fingerprint density at radius 1 is 1.00 bits per heavy atom. The zero-order valence-electron chi connectivity index (χ0n) is 20.5. The summed E-state index contributed by atoms with van der Waals surface area (Å²) in [6.45, 7) is 3.47. The number of para-hydroxylation sites is 1. The normalized spacial score (nSPS) is 14.2. The van der Waals surface area contributed by atoms with Gasteiger partial charge in [0.25, 0.3) is 11.1 Å². The lowest BCUT2D eigenvalue weighted by atomic mass is 10.0. The van der Waals surface area contributed by atoms with Crippen molar-refractivity contribution in [2.75, 3.05) is 25.9 Å². The largest absolute Gasteiger partial charge is 0.506 e. The molecule has 0 radical (unpaired) electrons. The van der Waals surface area contributed by atoms with Crippen molar-refractivity contribution < 1.29 is 5.11 Å². The topological polar surface area (TPSA) is 107 Å². The Morgan fingerprint density at radius 3 is 2.54 bits per heavy atom. The van der Waals surface area contributed by atoms with E-state index in [4.69, 9.17) is 0 Å². The summed E-state index contributed by atoms with van der Waals surface area (Å²) in [5.41, 5.74) is 3.19. The van der Waals surface area contributed by atoms with Crippen LogP contribution in [0.25, 0.3) is 44.3 Å². The van der Waals surface area contributed by atoms with E-state index in [1.165, 1.54) is 12.8 Å². The maximum absolute atomic E-state index is 13.2. The second-order valence-electron chi connectivity index (χ2n) is 9.38. The van der Waals surface area contributed by atoms with Gasteiger partial charge in [0.15, 0.2) is 0 Å². The molecule has 5 aromatic rings. The van der Waals surface area contributed by atoms with E-state index in [0.717, 1.165) is 35.7 Å². The predicted molar refractivity (Wildman–Crippen MR) is 148 cm³/mol. The molecule has 3 aromatic carbocycles. The molecule has 3 N–H and O–H groups in total. The minimum atomic E-state index is -0.389. The van der Waals surface area contributed by atoms with Gasteiger partial charge in [-0.1, -0.05) is 24.3 Å². The van der Waals surface area contributed by atoms with E-state index in [2.05, 4.69) is 20.0 Å². The van der Waals surface area contributed by atoms with Crippen molar-refractivity contribution in [2.24, 2.45) is 0 Å². The van der Waals surface area contributed by atoms with Gasteiger partial charge in [-0.05, 0) is 73.6 Å². The first kappa shape index (κ1) is 23.6. The summed E-state index contributed by atoms with van der Waals surface area (Å²) in [5, 5.41) is 14.6. The average molecular weight is 514 g/mol. The first-order valence-electron chi connectivity index (χ1n) is 12.4. The molecule has 8 nitrogen and oxygen atoms in total. The summed E-state index contributed by atoms with van der Waals surface area (Å²) < 4.78 is 1.60. The van der Waals surface area contributed by atoms with Gasteiger partial charge in [-0.2, -0.15) is 0 Å². The second-order valence-corrected chi connectivity index (χ2v) is 10.3. The average Bonchev–Trinajstić information content (AvgIpc) is 3.55. The fraction of sp³-hybridized carbons (Fsp3) is 0.250. The number of H-pyrrole nitrogens is 2. The Bertz CT molecular complexity index is 1730. The molecule has 0 saturated carbocycles. The molecule has 0 bridgehead atoms. The van der Waals surface area contributed by atoms with Crippen LogP contribution >= 0.6 is 11.8 Å². The highest BCUT2D eigenvalue weighted by Crippen LogP contribution is 2.32. The molecule has 0 aliphatic carbocycles. The second kappa shape index (κ2) is 9.57. The SMILES string of the molecule is CSc1ccc(-c2cc(O)c3nc(-c4cccc5c(=O)n(CCN6CCCC6)[nH]c45)c(=O)[nH]c3c2)cc1. The number of benzene rings is 3. The van der Waals surface area contributed by atoms with Crippen LogP contribution < -0.4 is 11.1 Å². The number of aromatic hydroxyl groups is 1. The minimum absolute atomic E-state index is 0.0252. The van der Waals surface area contributed by atoms with Gasteiger partial charge in [0.2, 0.25) is 0 Å². The molecule has 6 rings (SSSR count). The first-order chi connectivity index (χ1) is 18.0. The van der Waals surface area contributed by atoms with E-state index in [0.29, 0.717) is 34.0 Å². The monoisotopic (exact) mass is 513 g/mol. The molecule has 188 valence electrons. The van der Waals surface area contributed by atoms with Crippen molar-refractivity contribution in [3.05, 3.63) is 75.3 Å². The summed E-state index contributed by atoms with van der Waals surface area (Å²) in [6, 6.07) is 16.8. The zero-order valence-corrected chi connectivity index (χ0v) is 21.3. The lowest BCUT2D eigenvalue weighted by Gasteiger charge is -2.13. The minimum Gasteiger partial charge on any atom is -0.506 e. The fourth-order valence-corrected chi connectivity index (χ4v) is 5.50. The maximum atomic E-state index is 13.2. The van der Waals surface area contributed by atoms with Gasteiger partial charge >= 0.3 is 0 Å². The molecular formula is C28H27N5O3S. The number of nitrogens with zero attached hydrogens (tertiary/aromatic N) is 3. The van der Waals surface area contributed by atoms with Crippen LogP contribution in [-0.2, 0) is 6.54 Å². The molecule has 1 fully saturated rings. The van der Waals surface area contributed by atoms with Gasteiger partial charge in [0.1, 0.15) is 17.0 Å². The Balaban J connectivity index is 1.41. The fourth-order valence-electron chi connectivity index (χ4n) is 5.09. The molecule has 0 spiro atoms. The quantitative estimate of drug-likeness (QED) is 0.290. The third-order valence-corrected chi connectivity index (χ3v) is 7.82. The number of rotatable bonds is 6. The summed E-state index contributed by atoms with van der Waals surface area (Å²) in [7, 11) is 0. The van der Waals surface area contributed by atoms with Gasteiger partial charge in [0, 0.05) is 17.0 Å². The smallest absolute Gasteiger partial charge is 0.275 e. The number of likely N-dealkylation sites (tertiary alicyclic amines) is 1. The van der Waals surface area contributed by atoms with E-state index < -0.39 is 0 Å². The van der Waals surface area contributed by atoms with Crippen LogP contribution in [0.4, 0.5) is 0 Å². The zero-order chi connectivity index (χ0) is 25.5. The van der Waals surface area contributed by atoms with Gasteiger partial charge in [-0.25, -0.2) is 4.98 Å². The van der Waals surface area contributed by atoms with Crippen LogP contribution in [0.3, 0.4) is 0 Å². The number of aromatic nitrogens is 4. The van der Waals surface area contributed by atoms with Gasteiger partial charge in [-0.15, -0.1) is 11.8 Å². The van der Waals surface area contributed by atoms with Gasteiger partial charge in [0.05, 0.1) is 23.0 Å². The highest BCUT2D eigenvalue weighted by molar-refractivity contribution is 7.98. The third-order valence-electron chi connectivity index (χ3n) is 7.08. The number of fused-ring (bicyclic) bond motifs is 2. The highest BCUT2D eigenvalue weighted by atomic mass is 32.2. The van der Waals surface area contributed by atoms with Crippen molar-refractivity contribution >= 4 is 33.7 Å². The number of phenols is 1. The van der Waals surface area contributed by atoms with E-state index in [-0.39, 0.29) is 22.6 Å². The van der Waals surface area contributed by atoms with Crippen molar-refractivity contribution in [2.45, 2.75) is 24.3 Å². The number of nitrogens with one attached hydrogen (secondary N) is 2. The summed E-state index contributed by atoms with van der Waals surface area (Å²) in [4.78, 5) is 37.2. The van der Waals surface area contributed by atoms with Crippen LogP contribution in [-0.4, -0.2) is 55.6 Å². The lowest BCUT2D eigenvalue weighted by Crippen LogP contribution is -2.28. The van der Waals surface area contributed by atoms with Crippen LogP contribution in [0.2, 0.25) is 0 Å². The standard InChI is InChI=1S/C28H27N5O3S/c1-37-19-9-7-17(8-10-19)18-15-22-26(23(34)16-18)30-25(27(35)29-22)20-5-4-6-21-24(20)31-33(28(21)36)14-13-32-11-2-3-12-32/h4-10,15-16,31,34H,2-3,11-14H2,1H3,(H,29,35). The number of hydrogen-bond acceptors (Lipinski definition) is 6. The molecule has 1 aliphatic heterocycles. The van der Waals surface area contributed by atoms with Crippen LogP contribution in [0.1, 0.15) is 12.8 Å². The van der Waals surface area contributed by atoms with E-state index >= 15 is 0 Å². The van der Waals surface area contributed by atoms with Crippen molar-refractivity contribution in [3.8, 4) is 28.1 Å². The maximum Gasteiger partial charge on any atom is 0.275 e. The molecular weight excluding hydrogens is 486 g/mol. The number of hydrogen-bond donors (Lipinski definition) is 3. The van der Waals surface area contributed by atoms with Crippen molar-refractivity contribution in [3.63, 3.8) is 0 Å². The molecule has 0 atom stereocenters. The Morgan fingerprint density at radius 2 is 1.78 bits per heavy atom. The van der Waals surface area contributed by atoms with Crippen molar-refractivity contribution in [1.82, 2.24) is 24.6 Å². The van der Waals surface area contributed by atoms with E-state index in [1.807, 2.05) is 36.6 Å². The van der Waals surface area contributed by atoms with Crippen molar-refractivity contribution in [1.29, 1.82) is 0 Å². The number of aromatic amines is 2. The predicted octanol–water partition coefficient (Wildman–Crippen LogP) is 4.42. The molecule has 3 heterocycles. The molecule has 37 heavy (non-hydrogen) atoms. The Kier molecular flexibility index (Phi) is 6.10. The molecule has 9 heteroatoms. The Labute approximate surface area is 217 Å². The first-order valence-corrected chi connectivity index (χ1v) is 13.6. The van der Waals surface area contributed by atoms with E-state index in [9.17, 15) is 14.7 Å². The Hall–Kier alpha value is -3.82. The van der Waals surface area contributed by atoms with Crippen LogP contribution in [0.15, 0.2) is 69.1 Å². The summed E-state index contributed by atoms with van der Waals surface area (Å²) in [5.74, 6) is -0.0252. The van der Waals surface area contributed by atoms with E-state index in [1.54, 1.807) is 40.7 Å². The van der Waals surface area contributed by atoms with Gasteiger partial charge in [-0.3, -0.25) is 19.4 Å². The lowest BCUT2D eigenvalue weighted by molar-refractivity contribution is 0.314. The number of phenolic OH excluding ortho intramolecular Hbond substituents is 1. The molecule has 0 unspecified atom stereocenters. The number of thioether (sulfide) groups is 1. The summed E-state index contributed by atoms with van der Waals surface area (Å²) >= 11 is 1.66. The van der Waals surface area contributed by atoms with Gasteiger partial charge < -0.3 is 15.0 Å².